The lowest BCUT2D eigenvalue weighted by Crippen LogP contribution is -2.34. The van der Waals surface area contributed by atoms with Crippen molar-refractivity contribution in [2.75, 3.05) is 0 Å². The fourth-order valence-electron chi connectivity index (χ4n) is 3.20. The van der Waals surface area contributed by atoms with Gasteiger partial charge in [0.1, 0.15) is 0 Å². The van der Waals surface area contributed by atoms with Gasteiger partial charge in [-0.15, -0.1) is 0 Å². The Kier molecular flexibility index (Phi) is 3.71. The molecule has 0 saturated carbocycles. The molecule has 0 radical (unpaired) electrons. The second-order valence-electron chi connectivity index (χ2n) is 6.03. The van der Waals surface area contributed by atoms with E-state index in [0.29, 0.717) is 16.0 Å². The normalized spacial score (nSPS) is 19.8. The van der Waals surface area contributed by atoms with E-state index in [9.17, 15) is 10.3 Å². The molecule has 4 rings (SSSR count). The monoisotopic (exact) mass is 327 g/mol. The van der Waals surface area contributed by atoms with Crippen LogP contribution >= 0.6 is 0 Å². The van der Waals surface area contributed by atoms with Gasteiger partial charge in [0.25, 0.3) is 0 Å². The molecule has 0 aliphatic carbocycles. The standard InChI is InChI=1S/C22H17NO2/c24-22(19-14-8-3-9-15-19)16-20(17-10-4-1-5-11-17)21(23(22)25)18-12-6-2-7-13-18/h1-16,24H. The lowest BCUT2D eigenvalue weighted by Gasteiger charge is -2.21. The Morgan fingerprint density at radius 1 is 0.680 bits per heavy atom. The highest BCUT2D eigenvalue weighted by Crippen LogP contribution is 2.36. The van der Waals surface area contributed by atoms with Crippen LogP contribution < -0.4 is 0 Å². The minimum Gasteiger partial charge on any atom is -0.621 e. The molecule has 122 valence electrons. The number of rotatable bonds is 3. The van der Waals surface area contributed by atoms with Crippen molar-refractivity contribution in [2.24, 2.45) is 0 Å². The van der Waals surface area contributed by atoms with Crippen molar-refractivity contribution in [1.29, 1.82) is 0 Å². The summed E-state index contributed by atoms with van der Waals surface area (Å²) in [6, 6.07) is 28.1. The van der Waals surface area contributed by atoms with Gasteiger partial charge in [-0.25, -0.2) is 0 Å². The third-order valence-electron chi connectivity index (χ3n) is 4.44. The van der Waals surface area contributed by atoms with Gasteiger partial charge >= 0.3 is 5.72 Å². The molecule has 1 aliphatic heterocycles. The van der Waals surface area contributed by atoms with Gasteiger partial charge < -0.3 is 10.3 Å². The van der Waals surface area contributed by atoms with Gasteiger partial charge in [-0.2, -0.15) is 4.74 Å². The van der Waals surface area contributed by atoms with Crippen LogP contribution in [0.1, 0.15) is 16.7 Å². The highest BCUT2D eigenvalue weighted by Gasteiger charge is 2.46. The first-order valence-electron chi connectivity index (χ1n) is 8.16. The maximum absolute atomic E-state index is 13.2. The van der Waals surface area contributed by atoms with Gasteiger partial charge in [-0.3, -0.25) is 0 Å². The summed E-state index contributed by atoms with van der Waals surface area (Å²) in [5.74, 6) is 0. The van der Waals surface area contributed by atoms with Crippen molar-refractivity contribution in [2.45, 2.75) is 5.72 Å². The van der Waals surface area contributed by atoms with Crippen LogP contribution in [0.15, 0.2) is 97.1 Å². The van der Waals surface area contributed by atoms with E-state index in [1.165, 1.54) is 0 Å². The molecule has 3 nitrogen and oxygen atoms in total. The van der Waals surface area contributed by atoms with Crippen molar-refractivity contribution in [3.05, 3.63) is 119 Å². The Morgan fingerprint density at radius 3 is 1.72 bits per heavy atom. The summed E-state index contributed by atoms with van der Waals surface area (Å²) < 4.78 is 0.708. The number of nitrogens with zero attached hydrogens (tertiary/aromatic N) is 1. The smallest absolute Gasteiger partial charge is 0.323 e. The zero-order chi connectivity index (χ0) is 17.3. The van der Waals surface area contributed by atoms with Crippen LogP contribution in [0.3, 0.4) is 0 Å². The molecule has 1 atom stereocenters. The highest BCUT2D eigenvalue weighted by molar-refractivity contribution is 6.30. The van der Waals surface area contributed by atoms with E-state index in [4.69, 9.17) is 0 Å². The van der Waals surface area contributed by atoms with Crippen LogP contribution in [0.25, 0.3) is 5.57 Å². The maximum atomic E-state index is 13.2. The number of aliphatic hydroxyl groups is 1. The average molecular weight is 327 g/mol. The van der Waals surface area contributed by atoms with Gasteiger partial charge in [-0.05, 0) is 29.8 Å². The molecule has 1 unspecified atom stereocenters. The number of hydroxylamine groups is 1. The SMILES string of the molecule is [O-][N+]1=C(c2ccccc2)C(c2ccccc2)=CC1(O)c1ccccc1. The molecular formula is C22H17NO2. The molecule has 3 aromatic carbocycles. The number of allylic oxidation sites excluding steroid dienone is 1. The lowest BCUT2D eigenvalue weighted by molar-refractivity contribution is -0.596. The zero-order valence-corrected chi connectivity index (χ0v) is 13.5. The summed E-state index contributed by atoms with van der Waals surface area (Å²) in [5.41, 5.74) is 1.70. The molecule has 3 aromatic rings. The summed E-state index contributed by atoms with van der Waals surface area (Å²) in [5, 5.41) is 24.4. The maximum Gasteiger partial charge on any atom is 0.323 e. The molecule has 0 saturated heterocycles. The number of benzene rings is 3. The second-order valence-corrected chi connectivity index (χ2v) is 6.03. The van der Waals surface area contributed by atoms with Crippen molar-refractivity contribution >= 4 is 11.3 Å². The van der Waals surface area contributed by atoms with E-state index >= 15 is 0 Å². The van der Waals surface area contributed by atoms with E-state index in [1.54, 1.807) is 18.2 Å². The van der Waals surface area contributed by atoms with E-state index < -0.39 is 5.72 Å². The molecule has 25 heavy (non-hydrogen) atoms. The summed E-state index contributed by atoms with van der Waals surface area (Å²) in [4.78, 5) is 0. The van der Waals surface area contributed by atoms with Crippen LogP contribution in [0.2, 0.25) is 0 Å². The van der Waals surface area contributed by atoms with Gasteiger partial charge in [-0.1, -0.05) is 66.7 Å². The Morgan fingerprint density at radius 2 is 1.16 bits per heavy atom. The lowest BCUT2D eigenvalue weighted by atomic mass is 9.95. The molecule has 1 aliphatic rings. The van der Waals surface area contributed by atoms with Gasteiger partial charge in [0.15, 0.2) is 0 Å². The second kappa shape index (κ2) is 6.04. The van der Waals surface area contributed by atoms with Crippen LogP contribution in [0, 0.1) is 5.21 Å². The van der Waals surface area contributed by atoms with E-state index in [-0.39, 0.29) is 0 Å². The molecule has 0 bridgehead atoms. The molecule has 1 heterocycles. The predicted octanol–water partition coefficient (Wildman–Crippen LogP) is 3.93. The topological polar surface area (TPSA) is 46.3 Å². The summed E-state index contributed by atoms with van der Waals surface area (Å²) in [7, 11) is 0. The van der Waals surface area contributed by atoms with Crippen LogP contribution in [0.4, 0.5) is 0 Å². The third-order valence-corrected chi connectivity index (χ3v) is 4.44. The minimum absolute atomic E-state index is 0.471. The largest absolute Gasteiger partial charge is 0.621 e. The summed E-state index contributed by atoms with van der Waals surface area (Å²) in [6.07, 6.45) is 1.65. The van der Waals surface area contributed by atoms with Gasteiger partial charge in [0.2, 0.25) is 5.71 Å². The molecule has 0 aromatic heterocycles. The van der Waals surface area contributed by atoms with Gasteiger partial charge in [0, 0.05) is 11.6 Å². The first-order valence-corrected chi connectivity index (χ1v) is 8.16. The average Bonchev–Trinajstić information content (AvgIpc) is 2.96. The first kappa shape index (κ1) is 15.4. The first-order chi connectivity index (χ1) is 12.2. The Bertz CT molecular complexity index is 947. The highest BCUT2D eigenvalue weighted by atomic mass is 16.5. The Hall–Kier alpha value is -3.17. The van der Waals surface area contributed by atoms with Crippen LogP contribution in [0.5, 0.6) is 0 Å². The van der Waals surface area contributed by atoms with Crippen molar-refractivity contribution < 1.29 is 9.85 Å². The summed E-state index contributed by atoms with van der Waals surface area (Å²) in [6.45, 7) is 0. The molecule has 3 heteroatoms. The number of hydrogen-bond donors (Lipinski definition) is 1. The minimum atomic E-state index is -1.72. The number of hydrogen-bond acceptors (Lipinski definition) is 2. The van der Waals surface area contributed by atoms with E-state index in [2.05, 4.69) is 0 Å². The Labute approximate surface area is 146 Å². The molecule has 0 fully saturated rings. The van der Waals surface area contributed by atoms with Crippen molar-refractivity contribution in [3.8, 4) is 0 Å². The summed E-state index contributed by atoms with van der Waals surface area (Å²) >= 11 is 0. The van der Waals surface area contributed by atoms with E-state index in [0.717, 1.165) is 16.7 Å². The molecule has 1 N–H and O–H groups in total. The van der Waals surface area contributed by atoms with Gasteiger partial charge in [0.05, 0.1) is 11.1 Å². The van der Waals surface area contributed by atoms with Crippen LogP contribution in [-0.4, -0.2) is 15.6 Å². The fourth-order valence-corrected chi connectivity index (χ4v) is 3.20. The van der Waals surface area contributed by atoms with E-state index in [1.807, 2.05) is 78.9 Å². The molecule has 0 amide bonds. The molecule has 0 spiro atoms. The van der Waals surface area contributed by atoms with Crippen molar-refractivity contribution in [3.63, 3.8) is 0 Å². The zero-order valence-electron chi connectivity index (χ0n) is 13.5. The van der Waals surface area contributed by atoms with Crippen LogP contribution in [-0.2, 0) is 5.72 Å². The Balaban J connectivity index is 1.96. The predicted molar refractivity (Wildman–Crippen MR) is 98.9 cm³/mol. The molecular weight excluding hydrogens is 310 g/mol. The van der Waals surface area contributed by atoms with Crippen molar-refractivity contribution in [1.82, 2.24) is 0 Å². The third kappa shape index (κ3) is 2.55. The fraction of sp³-hybridized carbons (Fsp3) is 0.0455. The quantitative estimate of drug-likeness (QED) is 0.585.